The topological polar surface area (TPSA) is 20.3 Å². The lowest BCUT2D eigenvalue weighted by Gasteiger charge is -2.23. The maximum Gasteiger partial charge on any atom is 0.259 e. The average molecular weight is 201 g/mol. The van der Waals surface area contributed by atoms with Gasteiger partial charge in [-0.15, -0.1) is 0 Å². The second-order valence-electron chi connectivity index (χ2n) is 5.02. The molecule has 1 fully saturated rings. The minimum atomic E-state index is -1.72. The number of carbonyl (C=O) groups is 1. The molecule has 0 aromatic rings. The Morgan fingerprint density at radius 3 is 2.43 bits per heavy atom. The maximum absolute atomic E-state index is 13.4. The molecule has 0 radical (unpaired) electrons. The molecule has 1 saturated heterocycles. The van der Waals surface area contributed by atoms with Crippen LogP contribution < -0.4 is 0 Å². The van der Waals surface area contributed by atoms with Gasteiger partial charge in [0.1, 0.15) is 0 Å². The quantitative estimate of drug-likeness (QED) is 0.671. The Bertz CT molecular complexity index is 220. The van der Waals surface area contributed by atoms with E-state index in [1.807, 2.05) is 0 Å². The fourth-order valence-electron chi connectivity index (χ4n) is 1.89. The summed E-state index contributed by atoms with van der Waals surface area (Å²) in [5.41, 5.74) is -1.72. The molecule has 0 N–H and O–H groups in total. The van der Waals surface area contributed by atoms with Gasteiger partial charge in [-0.25, -0.2) is 4.39 Å². The van der Waals surface area contributed by atoms with E-state index in [0.29, 0.717) is 11.8 Å². The molecular formula is C11H20FNO. The Morgan fingerprint density at radius 1 is 1.50 bits per heavy atom. The van der Waals surface area contributed by atoms with Crippen molar-refractivity contribution in [1.29, 1.82) is 0 Å². The molecule has 1 atom stereocenters. The Morgan fingerprint density at radius 2 is 2.07 bits per heavy atom. The number of alkyl halides is 1. The highest BCUT2D eigenvalue weighted by Gasteiger charge is 2.36. The fourth-order valence-corrected chi connectivity index (χ4v) is 1.89. The predicted molar refractivity (Wildman–Crippen MR) is 54.7 cm³/mol. The smallest absolute Gasteiger partial charge is 0.259 e. The highest BCUT2D eigenvalue weighted by Crippen LogP contribution is 2.26. The zero-order valence-corrected chi connectivity index (χ0v) is 9.51. The summed E-state index contributed by atoms with van der Waals surface area (Å²) in [6, 6.07) is 0. The summed E-state index contributed by atoms with van der Waals surface area (Å²) in [6.45, 7) is 8.41. The number of nitrogens with zero attached hydrogens (tertiary/aromatic N) is 1. The molecule has 1 aliphatic heterocycles. The third-order valence-corrected chi connectivity index (χ3v) is 2.96. The van der Waals surface area contributed by atoms with Gasteiger partial charge in [0.05, 0.1) is 0 Å². The minimum absolute atomic E-state index is 0.361. The molecule has 0 saturated carbocycles. The van der Waals surface area contributed by atoms with E-state index in [1.54, 1.807) is 4.90 Å². The van der Waals surface area contributed by atoms with Crippen LogP contribution in [0, 0.1) is 11.8 Å². The van der Waals surface area contributed by atoms with E-state index in [-0.39, 0.29) is 5.91 Å². The van der Waals surface area contributed by atoms with Gasteiger partial charge in [-0.05, 0) is 32.1 Å². The van der Waals surface area contributed by atoms with Crippen molar-refractivity contribution in [2.75, 3.05) is 13.1 Å². The number of amides is 1. The van der Waals surface area contributed by atoms with E-state index in [1.165, 1.54) is 13.8 Å². The van der Waals surface area contributed by atoms with Gasteiger partial charge < -0.3 is 4.90 Å². The Balaban J connectivity index is 2.54. The number of likely N-dealkylation sites (tertiary alicyclic amines) is 1. The van der Waals surface area contributed by atoms with Crippen molar-refractivity contribution in [2.45, 2.75) is 39.8 Å². The average Bonchev–Trinajstić information content (AvgIpc) is 2.48. The zero-order chi connectivity index (χ0) is 10.9. The second kappa shape index (κ2) is 3.87. The van der Waals surface area contributed by atoms with Gasteiger partial charge in [-0.2, -0.15) is 0 Å². The van der Waals surface area contributed by atoms with E-state index in [4.69, 9.17) is 0 Å². The molecule has 0 aliphatic carbocycles. The van der Waals surface area contributed by atoms with E-state index in [0.717, 1.165) is 19.5 Å². The van der Waals surface area contributed by atoms with Crippen LogP contribution in [0.2, 0.25) is 0 Å². The van der Waals surface area contributed by atoms with Crippen LogP contribution in [0.25, 0.3) is 0 Å². The van der Waals surface area contributed by atoms with Crippen molar-refractivity contribution < 1.29 is 9.18 Å². The maximum atomic E-state index is 13.4. The Hall–Kier alpha value is -0.600. The first-order valence-corrected chi connectivity index (χ1v) is 5.30. The van der Waals surface area contributed by atoms with Crippen LogP contribution >= 0.6 is 0 Å². The summed E-state index contributed by atoms with van der Waals surface area (Å²) in [4.78, 5) is 13.2. The first-order valence-electron chi connectivity index (χ1n) is 5.30. The van der Waals surface area contributed by atoms with Crippen LogP contribution in [-0.4, -0.2) is 29.6 Å². The van der Waals surface area contributed by atoms with Gasteiger partial charge in [0.25, 0.3) is 5.91 Å². The summed E-state index contributed by atoms with van der Waals surface area (Å²) in [6.07, 6.45) is 1.01. The number of halogens is 1. The van der Waals surface area contributed by atoms with Gasteiger partial charge in [0.15, 0.2) is 5.67 Å². The number of hydrogen-bond acceptors (Lipinski definition) is 1. The molecule has 0 bridgehead atoms. The van der Waals surface area contributed by atoms with Crippen LogP contribution in [0.15, 0.2) is 0 Å². The van der Waals surface area contributed by atoms with Crippen LogP contribution in [0.1, 0.15) is 34.1 Å². The first-order chi connectivity index (χ1) is 6.32. The molecule has 0 aromatic heterocycles. The van der Waals surface area contributed by atoms with Gasteiger partial charge in [0, 0.05) is 13.1 Å². The molecule has 1 aliphatic rings. The summed E-state index contributed by atoms with van der Waals surface area (Å²) in [5, 5.41) is 0. The molecule has 14 heavy (non-hydrogen) atoms. The highest BCUT2D eigenvalue weighted by molar-refractivity contribution is 5.84. The third-order valence-electron chi connectivity index (χ3n) is 2.96. The normalized spacial score (nSPS) is 23.3. The van der Waals surface area contributed by atoms with Gasteiger partial charge in [-0.3, -0.25) is 4.79 Å². The molecule has 0 aromatic carbocycles. The summed E-state index contributed by atoms with van der Waals surface area (Å²) >= 11 is 0. The van der Waals surface area contributed by atoms with Crippen molar-refractivity contribution in [2.24, 2.45) is 11.8 Å². The minimum Gasteiger partial charge on any atom is -0.340 e. The second-order valence-corrected chi connectivity index (χ2v) is 5.02. The Kier molecular flexibility index (Phi) is 3.17. The first kappa shape index (κ1) is 11.5. The van der Waals surface area contributed by atoms with Crippen LogP contribution in [0.3, 0.4) is 0 Å². The van der Waals surface area contributed by atoms with Gasteiger partial charge >= 0.3 is 0 Å². The van der Waals surface area contributed by atoms with Gasteiger partial charge in [0.2, 0.25) is 0 Å². The van der Waals surface area contributed by atoms with Crippen molar-refractivity contribution in [3.63, 3.8) is 0 Å². The monoisotopic (exact) mass is 201 g/mol. The lowest BCUT2D eigenvalue weighted by molar-refractivity contribution is -0.140. The van der Waals surface area contributed by atoms with Crippen LogP contribution in [0.5, 0.6) is 0 Å². The molecule has 1 rings (SSSR count). The molecule has 0 spiro atoms. The van der Waals surface area contributed by atoms with E-state index < -0.39 is 5.67 Å². The molecule has 3 heteroatoms. The van der Waals surface area contributed by atoms with E-state index in [2.05, 4.69) is 13.8 Å². The predicted octanol–water partition coefficient (Wildman–Crippen LogP) is 2.24. The number of rotatable bonds is 2. The summed E-state index contributed by atoms with van der Waals surface area (Å²) in [5.74, 6) is 0.762. The summed E-state index contributed by atoms with van der Waals surface area (Å²) < 4.78 is 13.4. The van der Waals surface area contributed by atoms with Crippen molar-refractivity contribution in [3.05, 3.63) is 0 Å². The van der Waals surface area contributed by atoms with Crippen LogP contribution in [0.4, 0.5) is 4.39 Å². The fraction of sp³-hybridized carbons (Fsp3) is 0.909. The Labute approximate surface area is 85.5 Å². The van der Waals surface area contributed by atoms with Crippen molar-refractivity contribution in [3.8, 4) is 0 Å². The number of carbonyl (C=O) groups excluding carboxylic acids is 1. The molecule has 1 heterocycles. The lowest BCUT2D eigenvalue weighted by atomic mass is 9.95. The molecular weight excluding hydrogens is 181 g/mol. The molecule has 2 nitrogen and oxygen atoms in total. The van der Waals surface area contributed by atoms with Crippen molar-refractivity contribution >= 4 is 5.91 Å². The van der Waals surface area contributed by atoms with E-state index >= 15 is 0 Å². The SMILES string of the molecule is CC(C)C1CCN(C(=O)C(C)(C)F)C1. The van der Waals surface area contributed by atoms with Crippen molar-refractivity contribution in [1.82, 2.24) is 4.90 Å². The zero-order valence-electron chi connectivity index (χ0n) is 9.51. The van der Waals surface area contributed by atoms with Crippen LogP contribution in [-0.2, 0) is 4.79 Å². The summed E-state index contributed by atoms with van der Waals surface area (Å²) in [7, 11) is 0. The van der Waals surface area contributed by atoms with E-state index in [9.17, 15) is 9.18 Å². The largest absolute Gasteiger partial charge is 0.340 e. The third kappa shape index (κ3) is 2.46. The molecule has 1 amide bonds. The van der Waals surface area contributed by atoms with Gasteiger partial charge in [-0.1, -0.05) is 13.8 Å². The highest BCUT2D eigenvalue weighted by atomic mass is 19.1. The molecule has 82 valence electrons. The standard InChI is InChI=1S/C11H20FNO/c1-8(2)9-5-6-13(7-9)10(14)11(3,4)12/h8-9H,5-7H2,1-4H3. The lowest BCUT2D eigenvalue weighted by Crippen LogP contribution is -2.41. The molecule has 1 unspecified atom stereocenters. The number of hydrogen-bond donors (Lipinski definition) is 0.